The van der Waals surface area contributed by atoms with E-state index in [0.29, 0.717) is 5.69 Å². The first-order valence-corrected chi connectivity index (χ1v) is 9.16. The van der Waals surface area contributed by atoms with Gasteiger partial charge in [-0.1, -0.05) is 24.2 Å². The molecule has 0 unspecified atom stereocenters. The number of hydrogen-bond donors (Lipinski definition) is 3. The highest BCUT2D eigenvalue weighted by atomic mass is 32.2. The van der Waals surface area contributed by atoms with Gasteiger partial charge in [-0.2, -0.15) is 0 Å². The Kier molecular flexibility index (Phi) is 6.33. The molecule has 0 atom stereocenters. The van der Waals surface area contributed by atoms with E-state index < -0.39 is 10.0 Å². The van der Waals surface area contributed by atoms with E-state index >= 15 is 0 Å². The molecule has 0 spiro atoms. The molecular weight excluding hydrogens is 330 g/mol. The predicted octanol–water partition coefficient (Wildman–Crippen LogP) is 1.08. The number of nitrogens with zero attached hydrogens (tertiary/aromatic N) is 2. The molecule has 0 saturated heterocycles. The summed E-state index contributed by atoms with van der Waals surface area (Å²) in [6.45, 7) is 2.45. The van der Waals surface area contributed by atoms with Crippen LogP contribution in [0.25, 0.3) is 0 Å². The van der Waals surface area contributed by atoms with Crippen molar-refractivity contribution in [2.24, 2.45) is 10.7 Å². The number of aryl methyl sites for hydroxylation is 1. The molecule has 1 aromatic heterocycles. The Morgan fingerprint density at radius 2 is 2.21 bits per heavy atom. The van der Waals surface area contributed by atoms with Crippen LogP contribution >= 0.6 is 0 Å². The van der Waals surface area contributed by atoms with Gasteiger partial charge in [0, 0.05) is 18.3 Å². The molecule has 4 N–H and O–H groups in total. The van der Waals surface area contributed by atoms with Crippen molar-refractivity contribution >= 4 is 21.7 Å². The van der Waals surface area contributed by atoms with Crippen molar-refractivity contribution in [2.75, 3.05) is 18.4 Å². The van der Waals surface area contributed by atoms with Gasteiger partial charge in [0.05, 0.1) is 12.2 Å². The Morgan fingerprint density at radius 1 is 1.38 bits per heavy atom. The van der Waals surface area contributed by atoms with E-state index in [1.54, 1.807) is 0 Å². The average molecular weight is 351 g/mol. The number of nitrogens with one attached hydrogen (secondary N) is 2. The largest absolute Gasteiger partial charge is 0.370 e. The summed E-state index contributed by atoms with van der Waals surface area (Å²) in [7, 11) is -3.47. The minimum Gasteiger partial charge on any atom is -0.370 e. The first-order chi connectivity index (χ1) is 11.5. The van der Waals surface area contributed by atoms with E-state index in [1.807, 2.05) is 24.3 Å². The number of sulfonamides is 1. The predicted molar refractivity (Wildman–Crippen MR) is 93.1 cm³/mol. The van der Waals surface area contributed by atoms with Gasteiger partial charge in [-0.05, 0) is 24.1 Å². The van der Waals surface area contributed by atoms with E-state index in [9.17, 15) is 8.42 Å². The lowest BCUT2D eigenvalue weighted by Crippen LogP contribution is -2.29. The van der Waals surface area contributed by atoms with Gasteiger partial charge >= 0.3 is 0 Å². The monoisotopic (exact) mass is 351 g/mol. The van der Waals surface area contributed by atoms with Crippen LogP contribution in [0.3, 0.4) is 0 Å². The van der Waals surface area contributed by atoms with Crippen molar-refractivity contribution in [3.8, 4) is 0 Å². The van der Waals surface area contributed by atoms with Crippen LogP contribution < -0.4 is 15.8 Å². The topological polar surface area (TPSA) is 123 Å². The summed E-state index contributed by atoms with van der Waals surface area (Å²) < 4.78 is 30.7. The van der Waals surface area contributed by atoms with Crippen molar-refractivity contribution in [2.45, 2.75) is 19.1 Å². The maximum Gasteiger partial charge on any atom is 0.217 e. The summed E-state index contributed by atoms with van der Waals surface area (Å²) >= 11 is 0. The van der Waals surface area contributed by atoms with Gasteiger partial charge in [0.15, 0.2) is 5.96 Å². The number of guanidine groups is 1. The van der Waals surface area contributed by atoms with Crippen molar-refractivity contribution in [1.82, 2.24) is 9.88 Å². The van der Waals surface area contributed by atoms with Crippen LogP contribution in [0.1, 0.15) is 18.2 Å². The number of anilines is 1. The standard InChI is InChI=1S/C15H21N5O3S/c1-2-12-4-3-5-13(10-12)19-15(16)17-7-8-18-24(21,22)11-14-6-9-23-20-14/h3-6,9-10,18H,2,7-8,11H2,1H3,(H3,16,17,19). The number of rotatable bonds is 8. The molecule has 8 nitrogen and oxygen atoms in total. The van der Waals surface area contributed by atoms with Gasteiger partial charge in [-0.3, -0.25) is 4.99 Å². The van der Waals surface area contributed by atoms with Crippen LogP contribution in [0.5, 0.6) is 0 Å². The average Bonchev–Trinajstić information content (AvgIpc) is 3.04. The second-order valence-electron chi connectivity index (χ2n) is 5.09. The first kappa shape index (κ1) is 18.0. The van der Waals surface area contributed by atoms with Crippen LogP contribution in [0.15, 0.2) is 46.1 Å². The van der Waals surface area contributed by atoms with E-state index in [0.717, 1.165) is 12.1 Å². The van der Waals surface area contributed by atoms with Crippen molar-refractivity contribution < 1.29 is 12.9 Å². The molecule has 2 aromatic rings. The molecule has 0 bridgehead atoms. The summed E-state index contributed by atoms with van der Waals surface area (Å²) in [6.07, 6.45) is 2.26. The maximum atomic E-state index is 11.8. The molecule has 0 fully saturated rings. The zero-order chi connectivity index (χ0) is 17.4. The molecule has 9 heteroatoms. The quantitative estimate of drug-likeness (QED) is 0.372. The molecule has 0 saturated carbocycles. The molecular formula is C15H21N5O3S. The Labute approximate surface area is 141 Å². The van der Waals surface area contributed by atoms with E-state index in [-0.39, 0.29) is 24.8 Å². The lowest BCUT2D eigenvalue weighted by atomic mass is 10.1. The second kappa shape index (κ2) is 8.46. The third-order valence-electron chi connectivity index (χ3n) is 3.15. The molecule has 2 rings (SSSR count). The number of aromatic nitrogens is 1. The lowest BCUT2D eigenvalue weighted by Gasteiger charge is -2.07. The zero-order valence-corrected chi connectivity index (χ0v) is 14.2. The summed E-state index contributed by atoms with van der Waals surface area (Å²) in [6, 6.07) is 9.35. The highest BCUT2D eigenvalue weighted by Gasteiger charge is 2.12. The molecule has 24 heavy (non-hydrogen) atoms. The van der Waals surface area contributed by atoms with Gasteiger partial charge in [0.25, 0.3) is 0 Å². The van der Waals surface area contributed by atoms with Crippen LogP contribution in [-0.2, 0) is 22.2 Å². The Bertz CT molecular complexity index is 772. The van der Waals surface area contributed by atoms with Gasteiger partial charge in [-0.25, -0.2) is 13.1 Å². The van der Waals surface area contributed by atoms with Crippen LogP contribution in [0, 0.1) is 0 Å². The molecule has 130 valence electrons. The van der Waals surface area contributed by atoms with Crippen molar-refractivity contribution in [1.29, 1.82) is 0 Å². The fourth-order valence-electron chi connectivity index (χ4n) is 1.99. The smallest absolute Gasteiger partial charge is 0.217 e. The molecule has 0 aliphatic carbocycles. The highest BCUT2D eigenvalue weighted by Crippen LogP contribution is 2.10. The van der Waals surface area contributed by atoms with Gasteiger partial charge in [-0.15, -0.1) is 0 Å². The minimum atomic E-state index is -3.47. The van der Waals surface area contributed by atoms with E-state index in [4.69, 9.17) is 5.73 Å². The Morgan fingerprint density at radius 3 is 2.92 bits per heavy atom. The summed E-state index contributed by atoms with van der Waals surface area (Å²) in [4.78, 5) is 4.10. The summed E-state index contributed by atoms with van der Waals surface area (Å²) in [5, 5.41) is 6.55. The fourth-order valence-corrected chi connectivity index (χ4v) is 3.03. The van der Waals surface area contributed by atoms with Gasteiger partial charge in [0.1, 0.15) is 12.0 Å². The minimum absolute atomic E-state index is 0.150. The van der Waals surface area contributed by atoms with Crippen LogP contribution in [0.2, 0.25) is 0 Å². The molecule has 1 heterocycles. The number of hydrogen-bond acceptors (Lipinski definition) is 5. The highest BCUT2D eigenvalue weighted by molar-refractivity contribution is 7.88. The molecule has 0 amide bonds. The molecule has 0 radical (unpaired) electrons. The van der Waals surface area contributed by atoms with Crippen molar-refractivity contribution in [3.63, 3.8) is 0 Å². The number of benzene rings is 1. The van der Waals surface area contributed by atoms with Crippen LogP contribution in [-0.4, -0.2) is 32.6 Å². The first-order valence-electron chi connectivity index (χ1n) is 7.51. The zero-order valence-electron chi connectivity index (χ0n) is 13.4. The molecule has 0 aliphatic heterocycles. The summed E-state index contributed by atoms with van der Waals surface area (Å²) in [5.41, 5.74) is 8.18. The number of nitrogens with two attached hydrogens (primary N) is 1. The van der Waals surface area contributed by atoms with Crippen LogP contribution in [0.4, 0.5) is 5.69 Å². The Balaban J connectivity index is 1.78. The number of aliphatic imine (C=N–C) groups is 1. The second-order valence-corrected chi connectivity index (χ2v) is 6.90. The third kappa shape index (κ3) is 6.01. The van der Waals surface area contributed by atoms with Crippen molar-refractivity contribution in [3.05, 3.63) is 47.9 Å². The third-order valence-corrected chi connectivity index (χ3v) is 4.47. The van der Waals surface area contributed by atoms with Gasteiger partial charge < -0.3 is 15.6 Å². The van der Waals surface area contributed by atoms with E-state index in [1.165, 1.54) is 17.9 Å². The Hall–Kier alpha value is -2.39. The molecule has 0 aliphatic rings. The fraction of sp³-hybridized carbons (Fsp3) is 0.333. The summed E-state index contributed by atoms with van der Waals surface area (Å²) in [5.74, 6) is 0.00375. The molecule has 1 aromatic carbocycles. The maximum absolute atomic E-state index is 11.8. The van der Waals surface area contributed by atoms with Gasteiger partial charge in [0.2, 0.25) is 10.0 Å². The normalized spacial score (nSPS) is 12.3. The SMILES string of the molecule is CCc1cccc(NC(N)=NCCNS(=O)(=O)Cc2ccon2)c1. The van der Waals surface area contributed by atoms with E-state index in [2.05, 4.69) is 31.6 Å². The lowest BCUT2D eigenvalue weighted by molar-refractivity contribution is 0.413.